The molecule has 6 nitrogen and oxygen atoms in total. The number of nitrogens with one attached hydrogen (secondary N) is 1. The highest BCUT2D eigenvalue weighted by molar-refractivity contribution is 9.10. The molecule has 0 bridgehead atoms. The van der Waals surface area contributed by atoms with Gasteiger partial charge < -0.3 is 24.3 Å². The van der Waals surface area contributed by atoms with E-state index in [0.717, 1.165) is 38.5 Å². The summed E-state index contributed by atoms with van der Waals surface area (Å²) < 4.78 is 14.2. The van der Waals surface area contributed by atoms with E-state index in [0.29, 0.717) is 29.1 Å². The summed E-state index contributed by atoms with van der Waals surface area (Å²) >= 11 is 16.1. The average Bonchev–Trinajstić information content (AvgIpc) is 3.41. The summed E-state index contributed by atoms with van der Waals surface area (Å²) in [6, 6.07) is 22.0. The van der Waals surface area contributed by atoms with Crippen LogP contribution in [-0.4, -0.2) is 35.0 Å². The molecule has 3 heterocycles. The van der Waals surface area contributed by atoms with Crippen molar-refractivity contribution in [3.05, 3.63) is 105 Å². The van der Waals surface area contributed by atoms with Gasteiger partial charge >= 0.3 is 0 Å². The molecule has 0 radical (unpaired) electrons. The summed E-state index contributed by atoms with van der Waals surface area (Å²) in [6.07, 6.45) is 1.81. The fraction of sp³-hybridized carbons (Fsp3) is 0.241. The molecule has 38 heavy (non-hydrogen) atoms. The van der Waals surface area contributed by atoms with Gasteiger partial charge in [0.15, 0.2) is 5.11 Å². The number of anilines is 1. The van der Waals surface area contributed by atoms with Crippen LogP contribution in [0.2, 0.25) is 5.02 Å². The molecule has 5 rings (SSSR count). The van der Waals surface area contributed by atoms with Gasteiger partial charge in [0.25, 0.3) is 0 Å². The Bertz CT molecular complexity index is 1450. The molecule has 4 aromatic rings. The third-order valence-corrected chi connectivity index (χ3v) is 7.85. The van der Waals surface area contributed by atoms with E-state index in [1.165, 1.54) is 0 Å². The van der Waals surface area contributed by atoms with Crippen LogP contribution >= 0.6 is 39.7 Å². The number of nitrogens with zero attached hydrogens (tertiary/aromatic N) is 3. The summed E-state index contributed by atoms with van der Waals surface area (Å²) in [5.41, 5.74) is 6.33. The first kappa shape index (κ1) is 26.7. The zero-order chi connectivity index (χ0) is 26.8. The Morgan fingerprint density at radius 3 is 2.47 bits per heavy atom. The number of pyridine rings is 1. The van der Waals surface area contributed by atoms with Gasteiger partial charge in [-0.15, -0.1) is 0 Å². The predicted molar refractivity (Wildman–Crippen MR) is 160 cm³/mol. The third kappa shape index (κ3) is 5.18. The third-order valence-electron chi connectivity index (χ3n) is 6.71. The van der Waals surface area contributed by atoms with Crippen LogP contribution in [0.3, 0.4) is 0 Å². The normalized spacial score (nSPS) is 17.1. The van der Waals surface area contributed by atoms with Crippen LogP contribution in [0, 0.1) is 13.8 Å². The van der Waals surface area contributed by atoms with Gasteiger partial charge in [-0.05, 0) is 92.3 Å². The molecule has 0 aliphatic carbocycles. The molecule has 9 heteroatoms. The quantitative estimate of drug-likeness (QED) is 0.169. The Morgan fingerprint density at radius 2 is 1.79 bits per heavy atom. The Balaban J connectivity index is 1.60. The van der Waals surface area contributed by atoms with Crippen molar-refractivity contribution in [2.75, 3.05) is 25.2 Å². The zero-order valence-corrected chi connectivity index (χ0v) is 24.5. The molecule has 2 aromatic heterocycles. The van der Waals surface area contributed by atoms with Gasteiger partial charge in [-0.3, -0.25) is 4.98 Å². The number of hydrogen-bond acceptors (Lipinski definition) is 4. The highest BCUT2D eigenvalue weighted by atomic mass is 79.9. The molecular formula is C29H28BrClN4O2S. The maximum absolute atomic E-state index is 6.66. The van der Waals surface area contributed by atoms with Crippen LogP contribution < -0.4 is 15.0 Å². The number of benzene rings is 2. The lowest BCUT2D eigenvalue weighted by Crippen LogP contribution is -2.29. The summed E-state index contributed by atoms with van der Waals surface area (Å²) in [7, 11) is 1.64. The van der Waals surface area contributed by atoms with E-state index >= 15 is 0 Å². The lowest BCUT2D eigenvalue weighted by molar-refractivity contribution is 0.146. The summed E-state index contributed by atoms with van der Waals surface area (Å²) in [4.78, 5) is 6.81. The number of methoxy groups -OCH3 is 1. The molecule has 1 aliphatic rings. The number of rotatable bonds is 8. The number of thiocarbonyl (C=S) groups is 1. The number of halogens is 2. The zero-order valence-electron chi connectivity index (χ0n) is 21.3. The Morgan fingerprint density at radius 1 is 1.03 bits per heavy atom. The second-order valence-corrected chi connectivity index (χ2v) is 10.8. The predicted octanol–water partition coefficient (Wildman–Crippen LogP) is 7.11. The van der Waals surface area contributed by atoms with Gasteiger partial charge in [-0.2, -0.15) is 0 Å². The average molecular weight is 612 g/mol. The highest BCUT2D eigenvalue weighted by Gasteiger charge is 2.42. The molecule has 1 N–H and O–H groups in total. The molecule has 196 valence electrons. The van der Waals surface area contributed by atoms with Crippen molar-refractivity contribution in [1.82, 2.24) is 14.9 Å². The summed E-state index contributed by atoms with van der Waals surface area (Å²) in [5.74, 6) is 0.608. The molecule has 1 saturated heterocycles. The largest absolute Gasteiger partial charge is 0.490 e. The molecule has 1 aliphatic heterocycles. The lowest BCUT2D eigenvalue weighted by atomic mass is 9.96. The Kier molecular flexibility index (Phi) is 8.04. The fourth-order valence-corrected chi connectivity index (χ4v) is 5.85. The van der Waals surface area contributed by atoms with Crippen molar-refractivity contribution in [2.45, 2.75) is 25.9 Å². The maximum Gasteiger partial charge on any atom is 0.174 e. The van der Waals surface area contributed by atoms with Crippen molar-refractivity contribution in [2.24, 2.45) is 0 Å². The van der Waals surface area contributed by atoms with E-state index in [4.69, 9.17) is 33.3 Å². The minimum Gasteiger partial charge on any atom is -0.490 e. The topological polar surface area (TPSA) is 51.6 Å². The SMILES string of the molecule is COCCOc1ccc(N2C(=S)NC(c3ccccn3)C2c2cc(C)n(-c3ccc(Br)cc3)c2C)cc1Cl. The molecule has 0 spiro atoms. The van der Waals surface area contributed by atoms with Crippen LogP contribution in [0.15, 0.2) is 77.4 Å². The smallest absolute Gasteiger partial charge is 0.174 e. The van der Waals surface area contributed by atoms with Gasteiger partial charge in [-0.25, -0.2) is 0 Å². The van der Waals surface area contributed by atoms with Crippen LogP contribution in [-0.2, 0) is 4.74 Å². The van der Waals surface area contributed by atoms with Crippen molar-refractivity contribution < 1.29 is 9.47 Å². The molecule has 2 unspecified atom stereocenters. The van der Waals surface area contributed by atoms with Gasteiger partial charge in [0, 0.05) is 40.5 Å². The first-order chi connectivity index (χ1) is 18.4. The van der Waals surface area contributed by atoms with Crippen LogP contribution in [0.25, 0.3) is 5.69 Å². The second-order valence-electron chi connectivity index (χ2n) is 9.09. The fourth-order valence-electron chi connectivity index (χ4n) is 5.02. The number of ether oxygens (including phenoxy) is 2. The molecule has 0 amide bonds. The molecule has 2 aromatic carbocycles. The van der Waals surface area contributed by atoms with E-state index in [9.17, 15) is 0 Å². The van der Waals surface area contributed by atoms with E-state index < -0.39 is 0 Å². The summed E-state index contributed by atoms with van der Waals surface area (Å²) in [5, 5.41) is 4.66. The van der Waals surface area contributed by atoms with Crippen molar-refractivity contribution in [3.8, 4) is 11.4 Å². The van der Waals surface area contributed by atoms with Gasteiger partial charge in [0.2, 0.25) is 0 Å². The van der Waals surface area contributed by atoms with Crippen molar-refractivity contribution in [1.29, 1.82) is 0 Å². The van der Waals surface area contributed by atoms with Crippen molar-refractivity contribution >= 4 is 50.5 Å². The molecular weight excluding hydrogens is 584 g/mol. The second kappa shape index (κ2) is 11.5. The Labute approximate surface area is 241 Å². The Hall–Kier alpha value is -2.91. The molecule has 1 fully saturated rings. The van der Waals surface area contributed by atoms with Gasteiger partial charge in [-0.1, -0.05) is 33.6 Å². The molecule has 0 saturated carbocycles. The van der Waals surface area contributed by atoms with E-state index in [-0.39, 0.29) is 12.1 Å². The van der Waals surface area contributed by atoms with Crippen LogP contribution in [0.5, 0.6) is 5.75 Å². The monoisotopic (exact) mass is 610 g/mol. The maximum atomic E-state index is 6.66. The van der Waals surface area contributed by atoms with E-state index in [1.807, 2.05) is 42.6 Å². The minimum atomic E-state index is -0.154. The number of hydrogen-bond donors (Lipinski definition) is 1. The van der Waals surface area contributed by atoms with Gasteiger partial charge in [0.05, 0.1) is 29.4 Å². The lowest BCUT2D eigenvalue weighted by Gasteiger charge is -2.28. The first-order valence-electron chi connectivity index (χ1n) is 12.3. The van der Waals surface area contributed by atoms with Gasteiger partial charge in [0.1, 0.15) is 12.4 Å². The molecule has 2 atom stereocenters. The van der Waals surface area contributed by atoms with Crippen molar-refractivity contribution in [3.63, 3.8) is 0 Å². The number of aryl methyl sites for hydroxylation is 1. The number of aromatic nitrogens is 2. The van der Waals surface area contributed by atoms with Crippen LogP contribution in [0.1, 0.15) is 34.7 Å². The summed E-state index contributed by atoms with van der Waals surface area (Å²) in [6.45, 7) is 5.19. The van der Waals surface area contributed by atoms with E-state index in [2.05, 4.69) is 79.9 Å². The minimum absolute atomic E-state index is 0.149. The van der Waals surface area contributed by atoms with E-state index in [1.54, 1.807) is 7.11 Å². The standard InChI is InChI=1S/C29H28BrClN4O2S/c1-18-16-23(19(2)34(18)21-9-7-20(30)8-10-21)28-27(25-6-4-5-13-32-25)33-29(38)35(28)22-11-12-26(24(31)17-22)37-15-14-36-3/h4-13,16-17,27-28H,14-15H2,1-3H3,(H,33,38). The van der Waals surface area contributed by atoms with Crippen LogP contribution in [0.4, 0.5) is 5.69 Å². The highest BCUT2D eigenvalue weighted by Crippen LogP contribution is 2.45. The first-order valence-corrected chi connectivity index (χ1v) is 13.8.